The fourth-order valence-corrected chi connectivity index (χ4v) is 2.20. The van der Waals surface area contributed by atoms with Crippen molar-refractivity contribution in [1.29, 1.82) is 0 Å². The highest BCUT2D eigenvalue weighted by atomic mass is 19.1. The van der Waals surface area contributed by atoms with Gasteiger partial charge in [-0.2, -0.15) is 0 Å². The average molecular weight is 289 g/mol. The van der Waals surface area contributed by atoms with Gasteiger partial charge < -0.3 is 15.5 Å². The van der Waals surface area contributed by atoms with Crippen LogP contribution in [-0.4, -0.2) is 16.3 Å². The van der Waals surface area contributed by atoms with Gasteiger partial charge in [0.25, 0.3) is 0 Å². The van der Waals surface area contributed by atoms with Crippen LogP contribution in [0.1, 0.15) is 30.6 Å². The topological polar surface area (TPSA) is 52.5 Å². The van der Waals surface area contributed by atoms with Crippen molar-refractivity contribution in [2.45, 2.75) is 32.0 Å². The molecule has 3 N–H and O–H groups in total. The molecule has 0 heterocycles. The summed E-state index contributed by atoms with van der Waals surface area (Å²) in [5, 5.41) is 22.8. The van der Waals surface area contributed by atoms with Crippen molar-refractivity contribution in [2.24, 2.45) is 0 Å². The quantitative estimate of drug-likeness (QED) is 0.766. The largest absolute Gasteiger partial charge is 0.508 e. The summed E-state index contributed by atoms with van der Waals surface area (Å²) < 4.78 is 12.8. The highest BCUT2D eigenvalue weighted by molar-refractivity contribution is 5.27. The minimum absolute atomic E-state index is 0.0902. The lowest BCUT2D eigenvalue weighted by atomic mass is 10.0. The van der Waals surface area contributed by atoms with E-state index in [0.29, 0.717) is 18.5 Å². The monoisotopic (exact) mass is 289 g/mol. The Morgan fingerprint density at radius 1 is 1.14 bits per heavy atom. The molecule has 2 aromatic rings. The van der Waals surface area contributed by atoms with Crippen LogP contribution in [0.5, 0.6) is 5.75 Å². The van der Waals surface area contributed by atoms with Crippen LogP contribution in [0.25, 0.3) is 0 Å². The first-order chi connectivity index (χ1) is 10.0. The summed E-state index contributed by atoms with van der Waals surface area (Å²) in [6, 6.07) is 13.0. The molecule has 2 atom stereocenters. The van der Waals surface area contributed by atoms with Crippen LogP contribution in [0.2, 0.25) is 0 Å². The van der Waals surface area contributed by atoms with Crippen LogP contribution < -0.4 is 5.32 Å². The van der Waals surface area contributed by atoms with E-state index in [-0.39, 0.29) is 17.6 Å². The fourth-order valence-electron chi connectivity index (χ4n) is 2.20. The Kier molecular flexibility index (Phi) is 5.31. The maximum atomic E-state index is 12.8. The number of benzene rings is 2. The molecule has 0 aliphatic rings. The molecular formula is C17H20FNO2. The Labute approximate surface area is 124 Å². The molecule has 21 heavy (non-hydrogen) atoms. The van der Waals surface area contributed by atoms with Crippen molar-refractivity contribution in [3.8, 4) is 5.75 Å². The van der Waals surface area contributed by atoms with E-state index in [1.807, 2.05) is 13.0 Å². The van der Waals surface area contributed by atoms with Crippen LogP contribution in [0.15, 0.2) is 48.5 Å². The first-order valence-corrected chi connectivity index (χ1v) is 6.99. The number of nitrogens with one attached hydrogen (secondary N) is 1. The number of hydrogen-bond acceptors (Lipinski definition) is 3. The van der Waals surface area contributed by atoms with Gasteiger partial charge in [0.1, 0.15) is 11.6 Å². The number of halogens is 1. The van der Waals surface area contributed by atoms with Crippen molar-refractivity contribution >= 4 is 0 Å². The minimum atomic E-state index is -0.628. The number of aromatic hydroxyl groups is 1. The van der Waals surface area contributed by atoms with E-state index in [1.165, 1.54) is 12.1 Å². The van der Waals surface area contributed by atoms with E-state index < -0.39 is 6.10 Å². The third kappa shape index (κ3) is 4.85. The Bertz CT molecular complexity index is 571. The molecule has 2 aromatic carbocycles. The SMILES string of the molecule is C[C@H](C[C@@H](O)c1ccc(F)cc1)NCc1cccc(O)c1. The zero-order valence-corrected chi connectivity index (χ0v) is 12.0. The maximum absolute atomic E-state index is 12.8. The molecule has 0 radical (unpaired) electrons. The molecule has 0 aromatic heterocycles. The first-order valence-electron chi connectivity index (χ1n) is 6.99. The summed E-state index contributed by atoms with van der Waals surface area (Å²) >= 11 is 0. The second-order valence-corrected chi connectivity index (χ2v) is 5.25. The predicted molar refractivity (Wildman–Crippen MR) is 80.4 cm³/mol. The summed E-state index contributed by atoms with van der Waals surface area (Å²) in [6.07, 6.45) is -0.0953. The molecule has 0 unspecified atom stereocenters. The Morgan fingerprint density at radius 2 is 1.86 bits per heavy atom. The molecule has 0 saturated heterocycles. The van der Waals surface area contributed by atoms with Gasteiger partial charge in [-0.3, -0.25) is 0 Å². The summed E-state index contributed by atoms with van der Waals surface area (Å²) in [4.78, 5) is 0. The van der Waals surface area contributed by atoms with Gasteiger partial charge in [-0.25, -0.2) is 4.39 Å². The summed E-state index contributed by atoms with van der Waals surface area (Å²) in [5.41, 5.74) is 1.69. The lowest BCUT2D eigenvalue weighted by Crippen LogP contribution is -2.27. The molecule has 4 heteroatoms. The Morgan fingerprint density at radius 3 is 2.52 bits per heavy atom. The number of aliphatic hydroxyl groups excluding tert-OH is 1. The van der Waals surface area contributed by atoms with Crippen molar-refractivity contribution < 1.29 is 14.6 Å². The van der Waals surface area contributed by atoms with Crippen LogP contribution in [0.4, 0.5) is 4.39 Å². The maximum Gasteiger partial charge on any atom is 0.123 e. The van der Waals surface area contributed by atoms with Gasteiger partial charge >= 0.3 is 0 Å². The molecule has 0 amide bonds. The highest BCUT2D eigenvalue weighted by Gasteiger charge is 2.12. The highest BCUT2D eigenvalue weighted by Crippen LogP contribution is 2.19. The van der Waals surface area contributed by atoms with Crippen molar-refractivity contribution in [1.82, 2.24) is 5.32 Å². The molecule has 0 aliphatic heterocycles. The van der Waals surface area contributed by atoms with Crippen molar-refractivity contribution in [3.05, 3.63) is 65.5 Å². The number of rotatable bonds is 6. The zero-order chi connectivity index (χ0) is 15.2. The minimum Gasteiger partial charge on any atom is -0.508 e. The van der Waals surface area contributed by atoms with Crippen molar-refractivity contribution in [2.75, 3.05) is 0 Å². The second-order valence-electron chi connectivity index (χ2n) is 5.25. The average Bonchev–Trinajstić information content (AvgIpc) is 2.46. The van der Waals surface area contributed by atoms with E-state index in [0.717, 1.165) is 5.56 Å². The molecule has 0 bridgehead atoms. The predicted octanol–water partition coefficient (Wildman–Crippen LogP) is 3.13. The van der Waals surface area contributed by atoms with E-state index in [1.54, 1.807) is 30.3 Å². The number of phenols is 1. The van der Waals surface area contributed by atoms with Gasteiger partial charge in [0.2, 0.25) is 0 Å². The third-order valence-corrected chi connectivity index (χ3v) is 3.40. The van der Waals surface area contributed by atoms with Gasteiger partial charge in [-0.15, -0.1) is 0 Å². The van der Waals surface area contributed by atoms with Gasteiger partial charge in [0, 0.05) is 12.6 Å². The Balaban J connectivity index is 1.83. The molecule has 0 saturated carbocycles. The molecule has 0 fully saturated rings. The summed E-state index contributed by atoms with van der Waals surface area (Å²) in [6.45, 7) is 2.60. The smallest absolute Gasteiger partial charge is 0.123 e. The first kappa shape index (κ1) is 15.5. The number of phenolic OH excluding ortho intramolecular Hbond substituents is 1. The van der Waals surface area contributed by atoms with E-state index in [4.69, 9.17) is 0 Å². The van der Waals surface area contributed by atoms with Crippen LogP contribution in [0.3, 0.4) is 0 Å². The standard InChI is InChI=1S/C17H20FNO2/c1-12(19-11-13-3-2-4-16(20)10-13)9-17(21)14-5-7-15(18)8-6-14/h2-8,10,12,17,19-21H,9,11H2,1H3/t12-,17-/m1/s1. The lowest BCUT2D eigenvalue weighted by molar-refractivity contribution is 0.153. The van der Waals surface area contributed by atoms with E-state index in [2.05, 4.69) is 5.32 Å². The van der Waals surface area contributed by atoms with E-state index in [9.17, 15) is 14.6 Å². The Hall–Kier alpha value is -1.91. The van der Waals surface area contributed by atoms with Crippen LogP contribution in [-0.2, 0) is 6.54 Å². The number of hydrogen-bond donors (Lipinski definition) is 3. The fraction of sp³-hybridized carbons (Fsp3) is 0.294. The molecule has 112 valence electrons. The molecule has 2 rings (SSSR count). The molecule has 3 nitrogen and oxygen atoms in total. The van der Waals surface area contributed by atoms with Crippen LogP contribution >= 0.6 is 0 Å². The molecule has 0 aliphatic carbocycles. The molecular weight excluding hydrogens is 269 g/mol. The normalized spacial score (nSPS) is 13.9. The van der Waals surface area contributed by atoms with E-state index >= 15 is 0 Å². The summed E-state index contributed by atoms with van der Waals surface area (Å²) in [7, 11) is 0. The molecule has 0 spiro atoms. The van der Waals surface area contributed by atoms with Gasteiger partial charge in [0.05, 0.1) is 6.10 Å². The van der Waals surface area contributed by atoms with Gasteiger partial charge in [-0.05, 0) is 48.7 Å². The zero-order valence-electron chi connectivity index (χ0n) is 12.0. The summed E-state index contributed by atoms with van der Waals surface area (Å²) in [5.74, 6) is -0.0608. The van der Waals surface area contributed by atoms with Crippen LogP contribution in [0, 0.1) is 5.82 Å². The number of aliphatic hydroxyl groups is 1. The van der Waals surface area contributed by atoms with Gasteiger partial charge in [0.15, 0.2) is 0 Å². The van der Waals surface area contributed by atoms with Crippen molar-refractivity contribution in [3.63, 3.8) is 0 Å². The third-order valence-electron chi connectivity index (χ3n) is 3.40. The van der Waals surface area contributed by atoms with Gasteiger partial charge in [-0.1, -0.05) is 24.3 Å². The second kappa shape index (κ2) is 7.20. The lowest BCUT2D eigenvalue weighted by Gasteiger charge is -2.18.